The lowest BCUT2D eigenvalue weighted by atomic mass is 10.1. The molecule has 2 N–H and O–H groups in total. The number of rotatable bonds is 10. The molecule has 2 aromatic rings. The molecule has 0 atom stereocenters. The molecule has 26 heavy (non-hydrogen) atoms. The molecule has 6 heteroatoms. The largest absolute Gasteiger partial charge is 0.289 e. The number of unbranched alkanes of at least 4 members (excludes halogenated alkanes) is 5. The molecule has 0 spiro atoms. The average Bonchev–Trinajstić information content (AvgIpc) is 2.63. The molecule has 0 aliphatic heterocycles. The first-order valence-corrected chi connectivity index (χ1v) is 10.7. The average molecular weight is 378 g/mol. The third-order valence-electron chi connectivity index (χ3n) is 4.63. The van der Waals surface area contributed by atoms with Gasteiger partial charge in [0.25, 0.3) is 0 Å². The van der Waals surface area contributed by atoms with Crippen LogP contribution in [-0.4, -0.2) is 25.3 Å². The van der Waals surface area contributed by atoms with Gasteiger partial charge in [-0.05, 0) is 36.8 Å². The van der Waals surface area contributed by atoms with Gasteiger partial charge in [0.2, 0.25) is 5.91 Å². The van der Waals surface area contributed by atoms with Crippen LogP contribution < -0.4 is 5.48 Å². The van der Waals surface area contributed by atoms with E-state index in [1.807, 2.05) is 37.3 Å². The molecular weight excluding hydrogens is 350 g/mol. The summed E-state index contributed by atoms with van der Waals surface area (Å²) in [4.78, 5) is 11.3. The van der Waals surface area contributed by atoms with Gasteiger partial charge in [0.1, 0.15) is 0 Å². The Labute approximate surface area is 155 Å². The summed E-state index contributed by atoms with van der Waals surface area (Å²) in [6, 6.07) is 11.2. The van der Waals surface area contributed by atoms with Crippen LogP contribution in [0.1, 0.15) is 50.5 Å². The lowest BCUT2D eigenvalue weighted by molar-refractivity contribution is -0.129. The third-order valence-corrected chi connectivity index (χ3v) is 6.48. The molecule has 1 amide bonds. The van der Waals surface area contributed by atoms with Crippen LogP contribution in [0.3, 0.4) is 0 Å². The van der Waals surface area contributed by atoms with Gasteiger partial charge in [-0.1, -0.05) is 56.0 Å². The number of hydroxylamine groups is 1. The van der Waals surface area contributed by atoms with Crippen molar-refractivity contribution < 1.29 is 18.4 Å². The maximum absolute atomic E-state index is 12.7. The first-order valence-electron chi connectivity index (χ1n) is 9.10. The minimum atomic E-state index is -3.30. The zero-order chi connectivity index (χ0) is 19.0. The molecule has 0 radical (unpaired) electrons. The molecule has 0 aromatic heterocycles. The first-order chi connectivity index (χ1) is 12.5. The zero-order valence-electron chi connectivity index (χ0n) is 15.2. The standard InChI is InChI=1S/C20H27NO4S/c1-16-10-8-12-18-17(16)11-9-13-19(18)26(24,25)15-7-5-3-2-4-6-14-20(22)21-23/h8-13,23H,2-7,14-15H2,1H3,(H,21,22). The van der Waals surface area contributed by atoms with E-state index >= 15 is 0 Å². The topological polar surface area (TPSA) is 83.5 Å². The second-order valence-corrected chi connectivity index (χ2v) is 8.73. The molecule has 0 unspecified atom stereocenters. The highest BCUT2D eigenvalue weighted by atomic mass is 32.2. The summed E-state index contributed by atoms with van der Waals surface area (Å²) in [7, 11) is -3.30. The van der Waals surface area contributed by atoms with Crippen LogP contribution in [0, 0.1) is 6.92 Å². The van der Waals surface area contributed by atoms with E-state index in [0.29, 0.717) is 17.7 Å². The molecule has 0 heterocycles. The molecule has 0 saturated heterocycles. The van der Waals surface area contributed by atoms with Crippen LogP contribution in [0.15, 0.2) is 41.3 Å². The van der Waals surface area contributed by atoms with E-state index in [9.17, 15) is 13.2 Å². The normalized spacial score (nSPS) is 11.6. The SMILES string of the molecule is Cc1cccc2c(S(=O)(=O)CCCCCCCCC(=O)NO)cccc12. The second kappa shape index (κ2) is 9.69. The van der Waals surface area contributed by atoms with Crippen molar-refractivity contribution in [3.05, 3.63) is 42.0 Å². The van der Waals surface area contributed by atoms with E-state index in [1.54, 1.807) is 11.5 Å². The van der Waals surface area contributed by atoms with E-state index in [2.05, 4.69) is 0 Å². The summed E-state index contributed by atoms with van der Waals surface area (Å²) in [5.41, 5.74) is 2.70. The molecule has 2 rings (SSSR count). The molecule has 0 saturated carbocycles. The van der Waals surface area contributed by atoms with Crippen LogP contribution in [0.4, 0.5) is 0 Å². The van der Waals surface area contributed by atoms with Crippen molar-refractivity contribution in [2.45, 2.75) is 56.8 Å². The van der Waals surface area contributed by atoms with Gasteiger partial charge in [-0.25, -0.2) is 13.9 Å². The van der Waals surface area contributed by atoms with Crippen molar-refractivity contribution in [2.75, 3.05) is 5.75 Å². The number of carbonyl (C=O) groups excluding carboxylic acids is 1. The third kappa shape index (κ3) is 5.54. The predicted molar refractivity (Wildman–Crippen MR) is 103 cm³/mol. The Kier molecular flexibility index (Phi) is 7.60. The molecule has 5 nitrogen and oxygen atoms in total. The van der Waals surface area contributed by atoms with E-state index in [1.165, 1.54) is 0 Å². The quantitative estimate of drug-likeness (QED) is 0.370. The summed E-state index contributed by atoms with van der Waals surface area (Å²) in [6.45, 7) is 1.99. The summed E-state index contributed by atoms with van der Waals surface area (Å²) >= 11 is 0. The lowest BCUT2D eigenvalue weighted by Crippen LogP contribution is -2.17. The number of carbonyl (C=O) groups is 1. The number of hydrogen-bond acceptors (Lipinski definition) is 4. The number of hydrogen-bond donors (Lipinski definition) is 2. The van der Waals surface area contributed by atoms with Crippen LogP contribution in [0.25, 0.3) is 10.8 Å². The molecule has 0 aliphatic rings. The van der Waals surface area contributed by atoms with Gasteiger partial charge in [0, 0.05) is 11.8 Å². The van der Waals surface area contributed by atoms with Crippen molar-refractivity contribution in [3.63, 3.8) is 0 Å². The summed E-state index contributed by atoms with van der Waals surface area (Å²) in [6.07, 6.45) is 5.38. The van der Waals surface area contributed by atoms with Crippen molar-refractivity contribution in [2.24, 2.45) is 0 Å². The van der Waals surface area contributed by atoms with Crippen molar-refractivity contribution in [3.8, 4) is 0 Å². The smallest absolute Gasteiger partial charge is 0.243 e. The van der Waals surface area contributed by atoms with Crippen molar-refractivity contribution >= 4 is 26.5 Å². The number of nitrogens with one attached hydrogen (secondary N) is 1. The van der Waals surface area contributed by atoms with E-state index in [-0.39, 0.29) is 11.7 Å². The van der Waals surface area contributed by atoms with E-state index in [0.717, 1.165) is 48.4 Å². The van der Waals surface area contributed by atoms with Gasteiger partial charge in [-0.15, -0.1) is 0 Å². The summed E-state index contributed by atoms with van der Waals surface area (Å²) in [5.74, 6) is -0.200. The first kappa shape index (κ1) is 20.4. The predicted octanol–water partition coefficient (Wildman–Crippen LogP) is 4.16. The highest BCUT2D eigenvalue weighted by Gasteiger charge is 2.17. The highest BCUT2D eigenvalue weighted by molar-refractivity contribution is 7.91. The molecular formula is C20H27NO4S. The zero-order valence-corrected chi connectivity index (χ0v) is 16.0. The van der Waals surface area contributed by atoms with Crippen LogP contribution in [0.5, 0.6) is 0 Å². The fourth-order valence-corrected chi connectivity index (χ4v) is 4.76. The van der Waals surface area contributed by atoms with E-state index < -0.39 is 9.84 Å². The van der Waals surface area contributed by atoms with Gasteiger partial charge < -0.3 is 0 Å². The fourth-order valence-electron chi connectivity index (χ4n) is 3.16. The Hall–Kier alpha value is -1.92. The molecule has 0 aliphatic carbocycles. The number of fused-ring (bicyclic) bond motifs is 1. The monoisotopic (exact) mass is 377 g/mol. The number of aryl methyl sites for hydroxylation is 1. The van der Waals surface area contributed by atoms with Gasteiger partial charge in [0.15, 0.2) is 9.84 Å². The van der Waals surface area contributed by atoms with Gasteiger partial charge in [-0.3, -0.25) is 10.0 Å². The van der Waals surface area contributed by atoms with Crippen LogP contribution >= 0.6 is 0 Å². The molecule has 0 fully saturated rings. The molecule has 0 bridgehead atoms. The summed E-state index contributed by atoms with van der Waals surface area (Å²) in [5, 5.41) is 10.2. The van der Waals surface area contributed by atoms with Crippen molar-refractivity contribution in [1.29, 1.82) is 0 Å². The molecule has 2 aromatic carbocycles. The number of sulfone groups is 1. The van der Waals surface area contributed by atoms with Crippen LogP contribution in [-0.2, 0) is 14.6 Å². The maximum Gasteiger partial charge on any atom is 0.243 e. The minimum Gasteiger partial charge on any atom is -0.289 e. The fraction of sp³-hybridized carbons (Fsp3) is 0.450. The number of benzene rings is 2. The Morgan fingerprint density at radius 3 is 2.27 bits per heavy atom. The van der Waals surface area contributed by atoms with E-state index in [4.69, 9.17) is 5.21 Å². The van der Waals surface area contributed by atoms with Crippen LogP contribution in [0.2, 0.25) is 0 Å². The Bertz CT molecular complexity index is 846. The highest BCUT2D eigenvalue weighted by Crippen LogP contribution is 2.26. The second-order valence-electron chi connectivity index (χ2n) is 6.65. The van der Waals surface area contributed by atoms with Crippen molar-refractivity contribution in [1.82, 2.24) is 5.48 Å². The maximum atomic E-state index is 12.7. The minimum absolute atomic E-state index is 0.160. The Morgan fingerprint density at radius 2 is 1.54 bits per heavy atom. The Morgan fingerprint density at radius 1 is 0.923 bits per heavy atom. The summed E-state index contributed by atoms with van der Waals surface area (Å²) < 4.78 is 25.5. The van der Waals surface area contributed by atoms with Gasteiger partial charge in [-0.2, -0.15) is 0 Å². The number of amides is 1. The van der Waals surface area contributed by atoms with Gasteiger partial charge in [0.05, 0.1) is 10.6 Å². The Balaban J connectivity index is 1.83. The lowest BCUT2D eigenvalue weighted by Gasteiger charge is -2.09. The van der Waals surface area contributed by atoms with Gasteiger partial charge >= 0.3 is 0 Å². The molecule has 142 valence electrons.